The third kappa shape index (κ3) is 6.00. The molecular weight excluding hydrogens is 373 g/mol. The number of rotatable bonds is 10. The van der Waals surface area contributed by atoms with Crippen LogP contribution in [-0.2, 0) is 26.4 Å². The van der Waals surface area contributed by atoms with E-state index >= 15 is 0 Å². The van der Waals surface area contributed by atoms with E-state index in [1.807, 2.05) is 32.0 Å². The molecule has 0 aromatic heterocycles. The first-order valence-corrected chi connectivity index (χ1v) is 9.90. The van der Waals surface area contributed by atoms with Crippen LogP contribution in [0.5, 0.6) is 0 Å². The number of amides is 2. The third-order valence-electron chi connectivity index (χ3n) is 5.06. The molecule has 0 radical (unpaired) electrons. The number of nitrogens with zero attached hydrogens (tertiary/aromatic N) is 1. The van der Waals surface area contributed by atoms with E-state index in [1.165, 1.54) is 0 Å². The van der Waals surface area contributed by atoms with Crippen molar-refractivity contribution in [1.29, 1.82) is 0 Å². The molecule has 8 N–H and O–H groups in total. The molecule has 1 aromatic carbocycles. The van der Waals surface area contributed by atoms with Crippen molar-refractivity contribution in [2.45, 2.75) is 44.9 Å². The Hall–Kier alpha value is -1.98. The molecule has 0 saturated carbocycles. The topological polar surface area (TPSA) is 157 Å². The van der Waals surface area contributed by atoms with Gasteiger partial charge < -0.3 is 37.1 Å². The zero-order chi connectivity index (χ0) is 21.6. The molecule has 0 bridgehead atoms. The molecule has 29 heavy (non-hydrogen) atoms. The second-order valence-electron chi connectivity index (χ2n) is 7.72. The summed E-state index contributed by atoms with van der Waals surface area (Å²) in [7, 11) is -0.978. The second-order valence-corrected chi connectivity index (χ2v) is 7.72. The van der Waals surface area contributed by atoms with E-state index in [0.717, 1.165) is 11.1 Å². The zero-order valence-corrected chi connectivity index (χ0v) is 17.2. The van der Waals surface area contributed by atoms with Crippen molar-refractivity contribution >= 4 is 24.4 Å². The molecule has 1 heterocycles. The van der Waals surface area contributed by atoms with E-state index in [0.29, 0.717) is 31.6 Å². The Kier molecular flexibility index (Phi) is 8.18. The minimum absolute atomic E-state index is 0.112. The summed E-state index contributed by atoms with van der Waals surface area (Å²) in [5.41, 5.74) is 18.9. The van der Waals surface area contributed by atoms with Crippen LogP contribution in [0.1, 0.15) is 37.8 Å². The first-order valence-electron chi connectivity index (χ1n) is 9.90. The number of nitrogens with two attached hydrogens (primary N) is 3. The van der Waals surface area contributed by atoms with Gasteiger partial charge in [-0.1, -0.05) is 18.2 Å². The maximum atomic E-state index is 12.3. The van der Waals surface area contributed by atoms with Gasteiger partial charge in [0, 0.05) is 39.1 Å². The van der Waals surface area contributed by atoms with Crippen molar-refractivity contribution in [3.63, 3.8) is 0 Å². The highest BCUT2D eigenvalue weighted by Gasteiger charge is 2.40. The molecule has 1 aliphatic heterocycles. The van der Waals surface area contributed by atoms with Gasteiger partial charge in [-0.15, -0.1) is 0 Å². The largest absolute Gasteiger partial charge is 0.492 e. The standard InChI is InChI=1S/C19H32BN5O4/c1-19(2)14-4-3-13(11-15(14)20(28)29-19)12-24-18(27)16(23)5-6-17(26)25(9-7-21)10-8-22/h3-4,11,16,28H,5-10,12,21-23H2,1-2H3,(H,24,27). The van der Waals surface area contributed by atoms with Crippen LogP contribution in [0, 0.1) is 0 Å². The molecule has 0 aliphatic carbocycles. The van der Waals surface area contributed by atoms with Crippen LogP contribution in [0.4, 0.5) is 0 Å². The number of benzene rings is 1. The highest BCUT2D eigenvalue weighted by molar-refractivity contribution is 6.62. The Morgan fingerprint density at radius 3 is 2.55 bits per heavy atom. The van der Waals surface area contributed by atoms with Gasteiger partial charge in [-0.3, -0.25) is 9.59 Å². The Labute approximate surface area is 172 Å². The lowest BCUT2D eigenvalue weighted by atomic mass is 9.77. The maximum Gasteiger partial charge on any atom is 0.492 e. The number of carbonyl (C=O) groups excluding carboxylic acids is 2. The second kappa shape index (κ2) is 10.2. The van der Waals surface area contributed by atoms with Gasteiger partial charge >= 0.3 is 7.12 Å². The number of hydrogen-bond acceptors (Lipinski definition) is 7. The van der Waals surface area contributed by atoms with Crippen molar-refractivity contribution in [1.82, 2.24) is 10.2 Å². The van der Waals surface area contributed by atoms with E-state index < -0.39 is 18.8 Å². The molecule has 160 valence electrons. The summed E-state index contributed by atoms with van der Waals surface area (Å²) in [5, 5.41) is 12.8. The third-order valence-corrected chi connectivity index (χ3v) is 5.06. The van der Waals surface area contributed by atoms with Gasteiger partial charge in [-0.2, -0.15) is 0 Å². The summed E-state index contributed by atoms with van der Waals surface area (Å²) < 4.78 is 5.54. The minimum Gasteiger partial charge on any atom is -0.423 e. The highest BCUT2D eigenvalue weighted by Crippen LogP contribution is 2.29. The molecule has 1 unspecified atom stereocenters. The average molecular weight is 405 g/mol. The molecule has 0 saturated heterocycles. The van der Waals surface area contributed by atoms with Gasteiger partial charge in [0.15, 0.2) is 0 Å². The molecule has 10 heteroatoms. The number of nitrogens with one attached hydrogen (secondary N) is 1. The van der Waals surface area contributed by atoms with Crippen LogP contribution in [0.2, 0.25) is 0 Å². The number of carbonyl (C=O) groups is 2. The van der Waals surface area contributed by atoms with Crippen molar-refractivity contribution in [2.75, 3.05) is 26.2 Å². The number of hydrogen-bond donors (Lipinski definition) is 5. The van der Waals surface area contributed by atoms with Crippen LogP contribution < -0.4 is 28.0 Å². The molecule has 0 fully saturated rings. The fraction of sp³-hybridized carbons (Fsp3) is 0.579. The van der Waals surface area contributed by atoms with Gasteiger partial charge in [0.2, 0.25) is 11.8 Å². The number of fused-ring (bicyclic) bond motifs is 1. The van der Waals surface area contributed by atoms with Crippen molar-refractivity contribution in [2.24, 2.45) is 17.2 Å². The van der Waals surface area contributed by atoms with E-state index in [9.17, 15) is 14.6 Å². The van der Waals surface area contributed by atoms with Gasteiger partial charge in [-0.25, -0.2) is 0 Å². The molecule has 1 aliphatic rings. The predicted octanol–water partition coefficient (Wildman–Crippen LogP) is -1.89. The lowest BCUT2D eigenvalue weighted by Gasteiger charge is -2.22. The van der Waals surface area contributed by atoms with E-state index in [-0.39, 0.29) is 31.2 Å². The minimum atomic E-state index is -0.978. The van der Waals surface area contributed by atoms with Crippen LogP contribution in [0.3, 0.4) is 0 Å². The normalized spacial score (nSPS) is 15.7. The monoisotopic (exact) mass is 405 g/mol. The summed E-state index contributed by atoms with van der Waals surface area (Å²) in [6, 6.07) is 4.81. The smallest absolute Gasteiger partial charge is 0.423 e. The summed E-state index contributed by atoms with van der Waals surface area (Å²) in [6.45, 7) is 5.64. The predicted molar refractivity (Wildman–Crippen MR) is 112 cm³/mol. The summed E-state index contributed by atoms with van der Waals surface area (Å²) in [5.74, 6) is -0.445. The van der Waals surface area contributed by atoms with Crippen LogP contribution in [0.25, 0.3) is 0 Å². The van der Waals surface area contributed by atoms with Crippen LogP contribution in [0.15, 0.2) is 18.2 Å². The zero-order valence-electron chi connectivity index (χ0n) is 17.2. The SMILES string of the molecule is CC1(C)OB(O)c2cc(CNC(=O)C(N)CCC(=O)N(CCN)CCN)ccc21. The van der Waals surface area contributed by atoms with Crippen LogP contribution in [-0.4, -0.2) is 61.1 Å². The van der Waals surface area contributed by atoms with Crippen molar-refractivity contribution in [3.8, 4) is 0 Å². The van der Waals surface area contributed by atoms with Crippen LogP contribution >= 0.6 is 0 Å². The van der Waals surface area contributed by atoms with Gasteiger partial charge in [0.05, 0.1) is 11.6 Å². The average Bonchev–Trinajstić information content (AvgIpc) is 2.91. The molecular formula is C19H32BN5O4. The van der Waals surface area contributed by atoms with Gasteiger partial charge in [0.25, 0.3) is 0 Å². The Bertz CT molecular complexity index is 725. The summed E-state index contributed by atoms with van der Waals surface area (Å²) >= 11 is 0. The lowest BCUT2D eigenvalue weighted by Crippen LogP contribution is -2.43. The van der Waals surface area contributed by atoms with Gasteiger partial charge in [0.1, 0.15) is 0 Å². The Balaban J connectivity index is 1.85. The summed E-state index contributed by atoms with van der Waals surface area (Å²) in [6.07, 6.45) is 0.396. The fourth-order valence-electron chi connectivity index (χ4n) is 3.44. The van der Waals surface area contributed by atoms with E-state index in [1.54, 1.807) is 4.90 Å². The summed E-state index contributed by atoms with van der Waals surface area (Å²) in [4.78, 5) is 26.1. The highest BCUT2D eigenvalue weighted by atomic mass is 16.5. The molecule has 1 aromatic rings. The van der Waals surface area contributed by atoms with E-state index in [2.05, 4.69) is 5.32 Å². The first-order chi connectivity index (χ1) is 13.7. The molecule has 0 spiro atoms. The first kappa shape index (κ1) is 23.3. The maximum absolute atomic E-state index is 12.3. The fourth-order valence-corrected chi connectivity index (χ4v) is 3.44. The quantitative estimate of drug-likeness (QED) is 0.285. The molecule has 2 rings (SSSR count). The lowest BCUT2D eigenvalue weighted by molar-refractivity contribution is -0.131. The molecule has 9 nitrogen and oxygen atoms in total. The van der Waals surface area contributed by atoms with Gasteiger partial charge in [-0.05, 0) is 36.9 Å². The Morgan fingerprint density at radius 2 is 1.93 bits per heavy atom. The van der Waals surface area contributed by atoms with Crippen molar-refractivity contribution < 1.29 is 19.3 Å². The molecule has 1 atom stereocenters. The molecule has 2 amide bonds. The Morgan fingerprint density at radius 1 is 1.28 bits per heavy atom. The van der Waals surface area contributed by atoms with E-state index in [4.69, 9.17) is 21.9 Å². The van der Waals surface area contributed by atoms with Crippen molar-refractivity contribution in [3.05, 3.63) is 29.3 Å².